The first-order valence-electron chi connectivity index (χ1n) is 6.35. The van der Waals surface area contributed by atoms with Crippen molar-refractivity contribution in [2.24, 2.45) is 0 Å². The maximum atomic E-state index is 11.0. The molecule has 0 radical (unpaired) electrons. The minimum atomic E-state index is -0.356. The van der Waals surface area contributed by atoms with E-state index < -0.39 is 0 Å². The van der Waals surface area contributed by atoms with E-state index in [0.29, 0.717) is 19.8 Å². The van der Waals surface area contributed by atoms with Crippen LogP contribution in [0, 0.1) is 0 Å². The monoisotopic (exact) mass is 377 g/mol. The highest BCUT2D eigenvalue weighted by molar-refractivity contribution is 9.09. The second kappa shape index (κ2) is 10.7. The van der Waals surface area contributed by atoms with Gasteiger partial charge in [-0.2, -0.15) is 0 Å². The maximum Gasteiger partial charge on any atom is 0.246 e. The molecule has 0 aromatic heterocycles. The van der Waals surface area contributed by atoms with Crippen LogP contribution in [0.5, 0.6) is 0 Å². The largest absolute Gasteiger partial charge is 0.375 e. The van der Waals surface area contributed by atoms with E-state index in [4.69, 9.17) is 21.1 Å². The van der Waals surface area contributed by atoms with Gasteiger partial charge in [-0.05, 0) is 17.2 Å². The van der Waals surface area contributed by atoms with E-state index in [1.807, 2.05) is 30.3 Å². The van der Waals surface area contributed by atoms with E-state index in [1.165, 1.54) is 0 Å². The van der Waals surface area contributed by atoms with Crippen LogP contribution in [-0.4, -0.2) is 42.3 Å². The third-order valence-electron chi connectivity index (χ3n) is 2.45. The fourth-order valence-electron chi connectivity index (χ4n) is 1.59. The van der Waals surface area contributed by atoms with Crippen LogP contribution < -0.4 is 5.32 Å². The molecule has 1 amide bonds. The first-order chi connectivity index (χ1) is 10.1. The molecular weight excluding hydrogens is 362 g/mol. The molecule has 1 heterocycles. The summed E-state index contributed by atoms with van der Waals surface area (Å²) in [5.41, 5.74) is 1.13. The van der Waals surface area contributed by atoms with E-state index in [-0.39, 0.29) is 29.1 Å². The number of carbonyl (C=O) groups is 2. The average Bonchev–Trinajstić information content (AvgIpc) is 2.49. The van der Waals surface area contributed by atoms with E-state index in [2.05, 4.69) is 21.2 Å². The highest BCUT2D eigenvalue weighted by atomic mass is 79.9. The van der Waals surface area contributed by atoms with Crippen molar-refractivity contribution < 1.29 is 19.1 Å². The molecule has 21 heavy (non-hydrogen) atoms. The molecule has 1 aromatic carbocycles. The van der Waals surface area contributed by atoms with Crippen molar-refractivity contribution in [3.05, 3.63) is 35.9 Å². The third-order valence-corrected chi connectivity index (χ3v) is 3.42. The summed E-state index contributed by atoms with van der Waals surface area (Å²) in [5.74, 6) is -0.0699. The molecule has 1 N–H and O–H groups in total. The number of ether oxygens (including phenoxy) is 2. The lowest BCUT2D eigenvalue weighted by Crippen LogP contribution is -2.47. The predicted octanol–water partition coefficient (Wildman–Crippen LogP) is 1.86. The summed E-state index contributed by atoms with van der Waals surface area (Å²) in [4.78, 5) is 20.5. The van der Waals surface area contributed by atoms with Crippen LogP contribution in [0.2, 0.25) is 0 Å². The van der Waals surface area contributed by atoms with Crippen LogP contribution in [-0.2, 0) is 25.7 Å². The Morgan fingerprint density at radius 2 is 2.10 bits per heavy atom. The Bertz CT molecular complexity index is 444. The van der Waals surface area contributed by atoms with Gasteiger partial charge in [0.2, 0.25) is 11.1 Å². The normalized spacial score (nSPS) is 17.4. The molecule has 0 bridgehead atoms. The van der Waals surface area contributed by atoms with Gasteiger partial charge in [0.1, 0.15) is 6.61 Å². The molecular formula is C14H17BrClNO4. The second-order valence-electron chi connectivity index (χ2n) is 4.27. The lowest BCUT2D eigenvalue weighted by molar-refractivity contribution is -0.132. The number of amides is 1. The summed E-state index contributed by atoms with van der Waals surface area (Å²) < 4.78 is 10.6. The topological polar surface area (TPSA) is 64.6 Å². The Hall–Kier alpha value is -0.950. The summed E-state index contributed by atoms with van der Waals surface area (Å²) in [5, 5.41) is 2.70. The molecule has 0 spiro atoms. The first-order valence-corrected chi connectivity index (χ1v) is 7.85. The van der Waals surface area contributed by atoms with Crippen LogP contribution in [0.15, 0.2) is 30.3 Å². The molecule has 0 saturated carbocycles. The zero-order valence-corrected chi connectivity index (χ0v) is 13.7. The minimum Gasteiger partial charge on any atom is -0.375 e. The molecule has 1 aliphatic heterocycles. The van der Waals surface area contributed by atoms with E-state index in [9.17, 15) is 9.59 Å². The summed E-state index contributed by atoms with van der Waals surface area (Å²) in [6.07, 6.45) is 0. The summed E-state index contributed by atoms with van der Waals surface area (Å²) in [6, 6.07) is 9.92. The number of carbonyl (C=O) groups excluding carboxylic acids is 2. The van der Waals surface area contributed by atoms with Crippen LogP contribution in [0.1, 0.15) is 5.56 Å². The van der Waals surface area contributed by atoms with Gasteiger partial charge in [0.05, 0.1) is 31.2 Å². The molecule has 1 saturated heterocycles. The van der Waals surface area contributed by atoms with E-state index in [0.717, 1.165) is 5.56 Å². The Labute approximate surface area is 137 Å². The minimum absolute atomic E-state index is 0.0232. The van der Waals surface area contributed by atoms with Crippen molar-refractivity contribution in [2.75, 3.05) is 25.2 Å². The SMILES string of the molecule is O=C(Cl)CBr.O=C1COC[C@H](COCc2ccccc2)N1. The molecule has 1 fully saturated rings. The summed E-state index contributed by atoms with van der Waals surface area (Å²) in [7, 11) is 0. The van der Waals surface area contributed by atoms with Gasteiger partial charge >= 0.3 is 0 Å². The third kappa shape index (κ3) is 8.83. The zero-order chi connectivity index (χ0) is 15.5. The van der Waals surface area contributed by atoms with Gasteiger partial charge in [0, 0.05) is 0 Å². The highest BCUT2D eigenvalue weighted by Crippen LogP contribution is 2.02. The first kappa shape index (κ1) is 18.1. The smallest absolute Gasteiger partial charge is 0.246 e. The fourth-order valence-corrected chi connectivity index (χ4v) is 1.59. The Morgan fingerprint density at radius 3 is 2.67 bits per heavy atom. The molecule has 2 rings (SSSR count). The van der Waals surface area contributed by atoms with E-state index in [1.54, 1.807) is 0 Å². The van der Waals surface area contributed by atoms with Crippen LogP contribution in [0.3, 0.4) is 0 Å². The van der Waals surface area contributed by atoms with Crippen LogP contribution >= 0.6 is 27.5 Å². The molecule has 1 aromatic rings. The van der Waals surface area contributed by atoms with Gasteiger partial charge in [-0.1, -0.05) is 46.3 Å². The predicted molar refractivity (Wildman–Crippen MR) is 83.5 cm³/mol. The van der Waals surface area contributed by atoms with Crippen LogP contribution in [0.4, 0.5) is 0 Å². The van der Waals surface area contributed by atoms with Gasteiger partial charge in [-0.15, -0.1) is 0 Å². The van der Waals surface area contributed by atoms with Crippen molar-refractivity contribution in [2.45, 2.75) is 12.6 Å². The molecule has 0 unspecified atom stereocenters. The number of hydrogen-bond donors (Lipinski definition) is 1. The summed E-state index contributed by atoms with van der Waals surface area (Å²) in [6.45, 7) is 1.74. The zero-order valence-electron chi connectivity index (χ0n) is 11.4. The molecule has 0 aliphatic carbocycles. The van der Waals surface area contributed by atoms with E-state index >= 15 is 0 Å². The second-order valence-corrected chi connectivity index (χ2v) is 5.25. The standard InChI is InChI=1S/C12H15NO3.C2H2BrClO/c14-12-9-16-8-11(13-12)7-15-6-10-4-2-1-3-5-10;3-1-2(4)5/h1-5,11H,6-9H2,(H,13,14);1H2/t11-;/m0./s1. The number of halogens is 2. The Balaban J connectivity index is 0.000000383. The highest BCUT2D eigenvalue weighted by Gasteiger charge is 2.18. The van der Waals surface area contributed by atoms with Gasteiger partial charge in [0.25, 0.3) is 0 Å². The molecule has 7 heteroatoms. The Kier molecular flexibility index (Phi) is 9.25. The van der Waals surface area contributed by atoms with Gasteiger partial charge in [-0.3, -0.25) is 9.59 Å². The number of rotatable bonds is 5. The molecule has 5 nitrogen and oxygen atoms in total. The van der Waals surface area contributed by atoms with Crippen molar-refractivity contribution in [1.82, 2.24) is 5.32 Å². The van der Waals surface area contributed by atoms with Gasteiger partial charge in [-0.25, -0.2) is 0 Å². The molecule has 1 aliphatic rings. The van der Waals surface area contributed by atoms with Crippen molar-refractivity contribution in [3.63, 3.8) is 0 Å². The van der Waals surface area contributed by atoms with Crippen LogP contribution in [0.25, 0.3) is 0 Å². The van der Waals surface area contributed by atoms with Gasteiger partial charge < -0.3 is 14.8 Å². The quantitative estimate of drug-likeness (QED) is 0.627. The number of alkyl halides is 1. The van der Waals surface area contributed by atoms with Gasteiger partial charge in [0.15, 0.2) is 0 Å². The maximum absolute atomic E-state index is 11.0. The average molecular weight is 379 g/mol. The van der Waals surface area contributed by atoms with Crippen molar-refractivity contribution in [1.29, 1.82) is 0 Å². The summed E-state index contributed by atoms with van der Waals surface area (Å²) >= 11 is 7.61. The number of morpholine rings is 1. The fraction of sp³-hybridized carbons (Fsp3) is 0.429. The molecule has 116 valence electrons. The number of hydrogen-bond acceptors (Lipinski definition) is 4. The lowest BCUT2D eigenvalue weighted by Gasteiger charge is -2.23. The number of nitrogens with one attached hydrogen (secondary N) is 1. The van der Waals surface area contributed by atoms with Crippen molar-refractivity contribution in [3.8, 4) is 0 Å². The lowest BCUT2D eigenvalue weighted by atomic mass is 10.2. The molecule has 1 atom stereocenters. The van der Waals surface area contributed by atoms with Crippen molar-refractivity contribution >= 4 is 38.7 Å². The number of benzene rings is 1. The Morgan fingerprint density at radius 1 is 1.43 bits per heavy atom.